The molecule has 0 radical (unpaired) electrons. The van der Waals surface area contributed by atoms with E-state index in [1.807, 2.05) is 18.4 Å². The molecule has 0 bridgehead atoms. The molecule has 0 aliphatic heterocycles. The summed E-state index contributed by atoms with van der Waals surface area (Å²) in [6.07, 6.45) is 1.94. The Hall–Kier alpha value is -0.560. The smallest absolute Gasteiger partial charge is 0.215 e. The van der Waals surface area contributed by atoms with Gasteiger partial charge in [-0.1, -0.05) is 24.3 Å². The lowest BCUT2D eigenvalue weighted by Gasteiger charge is -2.06. The third-order valence-corrected chi connectivity index (χ3v) is 4.21. The molecule has 0 atom stereocenters. The Bertz CT molecular complexity index is 429. The molecule has 0 fully saturated rings. The van der Waals surface area contributed by atoms with E-state index in [4.69, 9.17) is 5.73 Å². The van der Waals surface area contributed by atoms with Crippen molar-refractivity contribution >= 4 is 21.8 Å². The van der Waals surface area contributed by atoms with Gasteiger partial charge < -0.3 is 5.73 Å². The minimum atomic E-state index is -3.22. The molecule has 17 heavy (non-hydrogen) atoms. The lowest BCUT2D eigenvalue weighted by Crippen LogP contribution is -2.27. The van der Waals surface area contributed by atoms with E-state index >= 15 is 0 Å². The van der Waals surface area contributed by atoms with Crippen molar-refractivity contribution in [2.75, 3.05) is 18.6 Å². The van der Waals surface area contributed by atoms with E-state index in [9.17, 15) is 8.42 Å². The highest BCUT2D eigenvalue weighted by Crippen LogP contribution is 2.07. The van der Waals surface area contributed by atoms with E-state index in [0.29, 0.717) is 13.1 Å². The summed E-state index contributed by atoms with van der Waals surface area (Å²) >= 11 is 1.61. The van der Waals surface area contributed by atoms with Gasteiger partial charge in [0.1, 0.15) is 0 Å². The third-order valence-electron chi connectivity index (χ3n) is 2.24. The van der Waals surface area contributed by atoms with Crippen molar-refractivity contribution in [3.05, 3.63) is 35.4 Å². The Balaban J connectivity index is 2.56. The highest BCUT2D eigenvalue weighted by molar-refractivity contribution is 7.98. The van der Waals surface area contributed by atoms with Gasteiger partial charge in [-0.25, -0.2) is 13.1 Å². The van der Waals surface area contributed by atoms with Gasteiger partial charge in [-0.05, 0) is 17.4 Å². The van der Waals surface area contributed by atoms with Crippen molar-refractivity contribution < 1.29 is 8.42 Å². The van der Waals surface area contributed by atoms with E-state index in [1.165, 1.54) is 0 Å². The number of thioether (sulfide) groups is 1. The molecule has 1 aromatic rings. The first-order valence-electron chi connectivity index (χ1n) is 5.31. The van der Waals surface area contributed by atoms with Crippen molar-refractivity contribution in [1.29, 1.82) is 0 Å². The van der Waals surface area contributed by atoms with Gasteiger partial charge in [0.05, 0.1) is 5.75 Å². The van der Waals surface area contributed by atoms with Crippen LogP contribution in [0.2, 0.25) is 0 Å². The molecule has 6 heteroatoms. The average Bonchev–Trinajstić information content (AvgIpc) is 2.30. The van der Waals surface area contributed by atoms with Crippen LogP contribution in [0.4, 0.5) is 0 Å². The summed E-state index contributed by atoms with van der Waals surface area (Å²) in [5.41, 5.74) is 7.25. The Morgan fingerprint density at radius 3 is 2.35 bits per heavy atom. The molecule has 0 aliphatic rings. The Labute approximate surface area is 107 Å². The van der Waals surface area contributed by atoms with Crippen LogP contribution >= 0.6 is 11.8 Å². The predicted octanol–water partition coefficient (Wildman–Crippen LogP) is 0.928. The van der Waals surface area contributed by atoms with Crippen LogP contribution in [0.3, 0.4) is 0 Å². The van der Waals surface area contributed by atoms with Crippen molar-refractivity contribution in [1.82, 2.24) is 4.72 Å². The van der Waals surface area contributed by atoms with Crippen LogP contribution in [0.15, 0.2) is 24.3 Å². The van der Waals surface area contributed by atoms with E-state index in [-0.39, 0.29) is 5.75 Å². The minimum Gasteiger partial charge on any atom is -0.326 e. The molecule has 0 aliphatic carbocycles. The maximum atomic E-state index is 11.7. The second kappa shape index (κ2) is 7.00. The fourth-order valence-electron chi connectivity index (χ4n) is 1.34. The van der Waals surface area contributed by atoms with E-state index in [0.717, 1.165) is 16.9 Å². The van der Waals surface area contributed by atoms with Crippen molar-refractivity contribution in [3.63, 3.8) is 0 Å². The number of benzene rings is 1. The lowest BCUT2D eigenvalue weighted by atomic mass is 10.1. The lowest BCUT2D eigenvalue weighted by molar-refractivity contribution is 0.583. The molecule has 96 valence electrons. The van der Waals surface area contributed by atoms with Gasteiger partial charge in [0.2, 0.25) is 10.0 Å². The van der Waals surface area contributed by atoms with Gasteiger partial charge in [0.15, 0.2) is 0 Å². The summed E-state index contributed by atoms with van der Waals surface area (Å²) < 4.78 is 25.9. The molecular weight excluding hydrogens is 256 g/mol. The number of sulfonamides is 1. The monoisotopic (exact) mass is 274 g/mol. The first-order valence-corrected chi connectivity index (χ1v) is 8.36. The van der Waals surface area contributed by atoms with Crippen LogP contribution in [0, 0.1) is 0 Å². The van der Waals surface area contributed by atoms with Gasteiger partial charge in [-0.2, -0.15) is 11.8 Å². The van der Waals surface area contributed by atoms with Crippen LogP contribution < -0.4 is 10.5 Å². The standard InChI is InChI=1S/C11H18N2O2S2/c1-16-7-6-13-17(14,15)9-11-4-2-10(8-12)3-5-11/h2-5,13H,6-9,12H2,1H3. The van der Waals surface area contributed by atoms with Gasteiger partial charge in [0, 0.05) is 18.8 Å². The zero-order valence-electron chi connectivity index (χ0n) is 9.85. The summed E-state index contributed by atoms with van der Waals surface area (Å²) in [6.45, 7) is 0.948. The molecule has 3 N–H and O–H groups in total. The first-order chi connectivity index (χ1) is 8.07. The highest BCUT2D eigenvalue weighted by Gasteiger charge is 2.10. The summed E-state index contributed by atoms with van der Waals surface area (Å²) in [4.78, 5) is 0. The van der Waals surface area contributed by atoms with E-state index in [1.54, 1.807) is 23.9 Å². The molecule has 0 spiro atoms. The molecule has 1 aromatic carbocycles. The largest absolute Gasteiger partial charge is 0.326 e. The molecule has 0 aromatic heterocycles. The Kier molecular flexibility index (Phi) is 5.97. The molecule has 0 unspecified atom stereocenters. The highest BCUT2D eigenvalue weighted by atomic mass is 32.2. The molecule has 0 heterocycles. The second-order valence-corrected chi connectivity index (χ2v) is 6.46. The van der Waals surface area contributed by atoms with Crippen LogP contribution in [-0.4, -0.2) is 27.0 Å². The fourth-order valence-corrected chi connectivity index (χ4v) is 2.92. The normalized spacial score (nSPS) is 11.6. The molecule has 4 nitrogen and oxygen atoms in total. The van der Waals surface area contributed by atoms with Gasteiger partial charge in [0.25, 0.3) is 0 Å². The van der Waals surface area contributed by atoms with Crippen molar-refractivity contribution in [2.45, 2.75) is 12.3 Å². The van der Waals surface area contributed by atoms with Crippen molar-refractivity contribution in [2.24, 2.45) is 5.73 Å². The van der Waals surface area contributed by atoms with E-state index < -0.39 is 10.0 Å². The Morgan fingerprint density at radius 2 is 1.82 bits per heavy atom. The molecule has 0 amide bonds. The predicted molar refractivity (Wildman–Crippen MR) is 73.3 cm³/mol. The SMILES string of the molecule is CSCCNS(=O)(=O)Cc1ccc(CN)cc1. The first kappa shape index (κ1) is 14.5. The van der Waals surface area contributed by atoms with Crippen LogP contribution in [-0.2, 0) is 22.3 Å². The van der Waals surface area contributed by atoms with Gasteiger partial charge >= 0.3 is 0 Å². The number of rotatable bonds is 7. The molecule has 0 saturated carbocycles. The van der Waals surface area contributed by atoms with Crippen molar-refractivity contribution in [3.8, 4) is 0 Å². The van der Waals surface area contributed by atoms with Gasteiger partial charge in [-0.15, -0.1) is 0 Å². The molecule has 0 saturated heterocycles. The summed E-state index contributed by atoms with van der Waals surface area (Å²) in [5.74, 6) is 0.803. The molecular formula is C11H18N2O2S2. The average molecular weight is 274 g/mol. The fraction of sp³-hybridized carbons (Fsp3) is 0.455. The maximum Gasteiger partial charge on any atom is 0.215 e. The number of hydrogen-bond donors (Lipinski definition) is 2. The molecule has 1 rings (SSSR count). The Morgan fingerprint density at radius 1 is 1.24 bits per heavy atom. The van der Waals surface area contributed by atoms with Crippen LogP contribution in [0.1, 0.15) is 11.1 Å². The van der Waals surface area contributed by atoms with Crippen LogP contribution in [0.25, 0.3) is 0 Å². The summed E-state index contributed by atoms with van der Waals surface area (Å²) in [6, 6.07) is 7.31. The third kappa shape index (κ3) is 5.54. The summed E-state index contributed by atoms with van der Waals surface area (Å²) in [5, 5.41) is 0. The topological polar surface area (TPSA) is 72.2 Å². The minimum absolute atomic E-state index is 0.0201. The van der Waals surface area contributed by atoms with Gasteiger partial charge in [-0.3, -0.25) is 0 Å². The summed E-state index contributed by atoms with van der Waals surface area (Å²) in [7, 11) is -3.22. The quantitative estimate of drug-likeness (QED) is 0.726. The number of hydrogen-bond acceptors (Lipinski definition) is 4. The van der Waals surface area contributed by atoms with E-state index in [2.05, 4.69) is 4.72 Å². The number of nitrogens with two attached hydrogens (primary N) is 1. The second-order valence-electron chi connectivity index (χ2n) is 3.67. The zero-order chi connectivity index (χ0) is 12.7. The van der Waals surface area contributed by atoms with Crippen LogP contribution in [0.5, 0.6) is 0 Å². The zero-order valence-corrected chi connectivity index (χ0v) is 11.5. The number of nitrogens with one attached hydrogen (secondary N) is 1. The maximum absolute atomic E-state index is 11.7.